The highest BCUT2D eigenvalue weighted by atomic mass is 35.5. The second kappa shape index (κ2) is 7.36. The van der Waals surface area contributed by atoms with Crippen LogP contribution in [0.1, 0.15) is 19.8 Å². The van der Waals surface area contributed by atoms with E-state index >= 15 is 0 Å². The van der Waals surface area contributed by atoms with Gasteiger partial charge in [-0.3, -0.25) is 4.79 Å². The van der Waals surface area contributed by atoms with Gasteiger partial charge in [0.05, 0.1) is 5.75 Å². The largest absolute Gasteiger partial charge is 0.338 e. The van der Waals surface area contributed by atoms with E-state index in [-0.39, 0.29) is 24.4 Å². The van der Waals surface area contributed by atoms with Crippen molar-refractivity contribution in [3.8, 4) is 0 Å². The Bertz CT molecular complexity index is 204. The summed E-state index contributed by atoms with van der Waals surface area (Å²) in [5, 5.41) is 0. The molecule has 1 aliphatic rings. The van der Waals surface area contributed by atoms with E-state index in [1.165, 1.54) is 0 Å². The summed E-state index contributed by atoms with van der Waals surface area (Å²) in [6, 6.07) is 0.276. The highest BCUT2D eigenvalue weighted by molar-refractivity contribution is 7.99. The molecule has 5 heteroatoms. The van der Waals surface area contributed by atoms with Crippen molar-refractivity contribution in [3.63, 3.8) is 0 Å². The van der Waals surface area contributed by atoms with Crippen LogP contribution in [0.4, 0.5) is 0 Å². The quantitative estimate of drug-likeness (QED) is 0.825. The zero-order chi connectivity index (χ0) is 10.6. The fraction of sp³-hybridized carbons (Fsp3) is 0.900. The molecule has 0 aromatic heterocycles. The lowest BCUT2D eigenvalue weighted by Gasteiger charge is -2.37. The average molecular weight is 253 g/mol. The number of nitrogens with two attached hydrogens (primary N) is 1. The number of carbonyl (C=O) groups is 1. The molecular formula is C10H21ClN2OS. The monoisotopic (exact) mass is 252 g/mol. The summed E-state index contributed by atoms with van der Waals surface area (Å²) in [5.74, 6) is 1.55. The zero-order valence-corrected chi connectivity index (χ0v) is 11.1. The van der Waals surface area contributed by atoms with Gasteiger partial charge in [-0.25, -0.2) is 0 Å². The summed E-state index contributed by atoms with van der Waals surface area (Å²) in [7, 11) is 0. The number of halogens is 1. The van der Waals surface area contributed by atoms with E-state index < -0.39 is 0 Å². The Balaban J connectivity index is 0.00000196. The summed E-state index contributed by atoms with van der Waals surface area (Å²) in [5.41, 5.74) is 5.69. The molecule has 0 radical (unpaired) electrons. The molecule has 15 heavy (non-hydrogen) atoms. The van der Waals surface area contributed by atoms with Crippen LogP contribution in [-0.2, 0) is 4.79 Å². The van der Waals surface area contributed by atoms with Crippen LogP contribution in [-0.4, -0.2) is 41.9 Å². The number of hydrogen-bond acceptors (Lipinski definition) is 3. The van der Waals surface area contributed by atoms with Crippen LogP contribution in [0.25, 0.3) is 0 Å². The van der Waals surface area contributed by atoms with Crippen LogP contribution in [0.2, 0.25) is 0 Å². The lowest BCUT2D eigenvalue weighted by atomic mass is 9.92. The van der Waals surface area contributed by atoms with E-state index in [1.54, 1.807) is 11.8 Å². The minimum absolute atomic E-state index is 0. The molecule has 0 aliphatic carbocycles. The van der Waals surface area contributed by atoms with Gasteiger partial charge < -0.3 is 10.6 Å². The van der Waals surface area contributed by atoms with Gasteiger partial charge in [0.15, 0.2) is 0 Å². The zero-order valence-electron chi connectivity index (χ0n) is 9.44. The lowest BCUT2D eigenvalue weighted by molar-refractivity contribution is -0.132. The fourth-order valence-electron chi connectivity index (χ4n) is 2.01. The summed E-state index contributed by atoms with van der Waals surface area (Å²) in [6.45, 7) is 3.73. The van der Waals surface area contributed by atoms with Crippen LogP contribution < -0.4 is 5.73 Å². The fourth-order valence-corrected chi connectivity index (χ4v) is 2.42. The van der Waals surface area contributed by atoms with Crippen LogP contribution >= 0.6 is 24.2 Å². The Kier molecular flexibility index (Phi) is 7.40. The first kappa shape index (κ1) is 15.1. The van der Waals surface area contributed by atoms with Crippen molar-refractivity contribution < 1.29 is 4.79 Å². The average Bonchev–Trinajstić information content (AvgIpc) is 2.17. The van der Waals surface area contributed by atoms with E-state index in [9.17, 15) is 4.79 Å². The summed E-state index contributed by atoms with van der Waals surface area (Å²) in [4.78, 5) is 13.7. The molecule has 1 amide bonds. The number of amides is 1. The Morgan fingerprint density at radius 3 is 2.80 bits per heavy atom. The number of nitrogens with zero attached hydrogens (tertiary/aromatic N) is 1. The van der Waals surface area contributed by atoms with E-state index in [2.05, 4.69) is 6.92 Å². The maximum atomic E-state index is 11.7. The molecule has 1 saturated heterocycles. The maximum Gasteiger partial charge on any atom is 0.232 e. The molecule has 90 valence electrons. The van der Waals surface area contributed by atoms with Crippen molar-refractivity contribution in [1.29, 1.82) is 0 Å². The Hall–Kier alpha value is 0.0700. The standard InChI is InChI=1S/C10H20N2OS.ClH/c1-8-3-4-12(9(5-8)6-11)10(13)7-14-2;/h8-9H,3-7,11H2,1-2H3;1H. The SMILES string of the molecule is CSCC(=O)N1CCC(C)CC1CN.Cl. The second-order valence-corrected chi connectivity index (χ2v) is 4.91. The summed E-state index contributed by atoms with van der Waals surface area (Å²) in [6.07, 6.45) is 4.15. The van der Waals surface area contributed by atoms with Crippen molar-refractivity contribution in [2.45, 2.75) is 25.8 Å². The number of piperidine rings is 1. The molecule has 0 spiro atoms. The third kappa shape index (κ3) is 4.21. The number of hydrogen-bond donors (Lipinski definition) is 1. The van der Waals surface area contributed by atoms with Gasteiger partial charge in [0.25, 0.3) is 0 Å². The highest BCUT2D eigenvalue weighted by Crippen LogP contribution is 2.22. The molecule has 1 heterocycles. The summed E-state index contributed by atoms with van der Waals surface area (Å²) < 4.78 is 0. The van der Waals surface area contributed by atoms with Gasteiger partial charge in [-0.2, -0.15) is 11.8 Å². The number of likely N-dealkylation sites (tertiary alicyclic amines) is 1. The number of carbonyl (C=O) groups excluding carboxylic acids is 1. The van der Waals surface area contributed by atoms with Crippen molar-refractivity contribution in [2.75, 3.05) is 25.1 Å². The van der Waals surface area contributed by atoms with Gasteiger partial charge in [-0.05, 0) is 25.0 Å². The van der Waals surface area contributed by atoms with Gasteiger partial charge in [0.2, 0.25) is 5.91 Å². The van der Waals surface area contributed by atoms with E-state index in [0.717, 1.165) is 19.4 Å². The molecule has 2 unspecified atom stereocenters. The van der Waals surface area contributed by atoms with Gasteiger partial charge in [-0.15, -0.1) is 12.4 Å². The van der Waals surface area contributed by atoms with E-state index in [1.807, 2.05) is 11.2 Å². The molecule has 1 fully saturated rings. The number of thioether (sulfide) groups is 1. The maximum absolute atomic E-state index is 11.7. The molecule has 2 N–H and O–H groups in total. The third-order valence-electron chi connectivity index (χ3n) is 2.84. The molecular weight excluding hydrogens is 232 g/mol. The predicted molar refractivity (Wildman–Crippen MR) is 68.6 cm³/mol. The van der Waals surface area contributed by atoms with E-state index in [4.69, 9.17) is 5.73 Å². The van der Waals surface area contributed by atoms with Crippen molar-refractivity contribution in [2.24, 2.45) is 11.7 Å². The van der Waals surface area contributed by atoms with Gasteiger partial charge in [-0.1, -0.05) is 6.92 Å². The highest BCUT2D eigenvalue weighted by Gasteiger charge is 2.28. The topological polar surface area (TPSA) is 46.3 Å². The van der Waals surface area contributed by atoms with Gasteiger partial charge in [0, 0.05) is 19.1 Å². The first-order chi connectivity index (χ1) is 6.69. The minimum Gasteiger partial charge on any atom is -0.338 e. The lowest BCUT2D eigenvalue weighted by Crippen LogP contribution is -2.49. The summed E-state index contributed by atoms with van der Waals surface area (Å²) >= 11 is 1.58. The third-order valence-corrected chi connectivity index (χ3v) is 3.37. The second-order valence-electron chi connectivity index (χ2n) is 4.04. The molecule has 1 aliphatic heterocycles. The number of rotatable bonds is 3. The Labute approximate surface area is 103 Å². The van der Waals surface area contributed by atoms with Gasteiger partial charge in [0.1, 0.15) is 0 Å². The van der Waals surface area contributed by atoms with E-state index in [0.29, 0.717) is 18.2 Å². The van der Waals surface area contributed by atoms with Gasteiger partial charge >= 0.3 is 0 Å². The molecule has 0 bridgehead atoms. The molecule has 3 nitrogen and oxygen atoms in total. The smallest absolute Gasteiger partial charge is 0.232 e. The molecule has 1 rings (SSSR count). The molecule has 2 atom stereocenters. The minimum atomic E-state index is 0. The first-order valence-electron chi connectivity index (χ1n) is 5.17. The van der Waals surface area contributed by atoms with Crippen LogP contribution in [0.3, 0.4) is 0 Å². The van der Waals surface area contributed by atoms with Crippen LogP contribution in [0, 0.1) is 5.92 Å². The van der Waals surface area contributed by atoms with Crippen molar-refractivity contribution in [3.05, 3.63) is 0 Å². The van der Waals surface area contributed by atoms with Crippen molar-refractivity contribution in [1.82, 2.24) is 4.90 Å². The van der Waals surface area contributed by atoms with Crippen LogP contribution in [0.15, 0.2) is 0 Å². The Morgan fingerprint density at radius 2 is 2.27 bits per heavy atom. The normalized spacial score (nSPS) is 25.9. The molecule has 0 aromatic carbocycles. The van der Waals surface area contributed by atoms with Crippen LogP contribution in [0.5, 0.6) is 0 Å². The first-order valence-corrected chi connectivity index (χ1v) is 6.57. The molecule has 0 aromatic rings. The Morgan fingerprint density at radius 1 is 1.60 bits per heavy atom. The van der Waals surface area contributed by atoms with Crippen molar-refractivity contribution >= 4 is 30.1 Å². The predicted octanol–water partition coefficient (Wildman–Crippen LogP) is 1.36. The molecule has 0 saturated carbocycles.